The molecular formula is C4H10N2O3S. The number of aliphatic hydroxyl groups excluding tert-OH is 1. The highest BCUT2D eigenvalue weighted by atomic mass is 32.2. The van der Waals surface area contributed by atoms with Gasteiger partial charge >= 0.3 is 0 Å². The zero-order chi connectivity index (χ0) is 7.61. The molecule has 1 fully saturated rings. The van der Waals surface area contributed by atoms with Gasteiger partial charge in [-0.25, -0.2) is 8.42 Å². The van der Waals surface area contributed by atoms with Crippen LogP contribution in [-0.4, -0.2) is 32.2 Å². The topological polar surface area (TPSA) is 78.4 Å². The second-order valence-corrected chi connectivity index (χ2v) is 4.02. The molecule has 1 rings (SSSR count). The molecule has 5 nitrogen and oxygen atoms in total. The number of sulfonamides is 1. The first-order valence-corrected chi connectivity index (χ1v) is 4.67. The number of hydrogen-bond acceptors (Lipinski definition) is 4. The van der Waals surface area contributed by atoms with Crippen LogP contribution in [0.4, 0.5) is 0 Å². The predicted octanol–water partition coefficient (Wildman–Crippen LogP) is -1.82. The Morgan fingerprint density at radius 3 is 2.90 bits per heavy atom. The van der Waals surface area contributed by atoms with Gasteiger partial charge in [0, 0.05) is 0 Å². The summed E-state index contributed by atoms with van der Waals surface area (Å²) >= 11 is 0. The molecule has 60 valence electrons. The minimum atomic E-state index is -3.23. The second-order valence-electron chi connectivity index (χ2n) is 2.15. The summed E-state index contributed by atoms with van der Waals surface area (Å²) in [5.74, 6) is 0.0804. The molecule has 0 aliphatic carbocycles. The van der Waals surface area contributed by atoms with Crippen molar-refractivity contribution in [1.82, 2.24) is 10.0 Å². The smallest absolute Gasteiger partial charge is 0.214 e. The van der Waals surface area contributed by atoms with Gasteiger partial charge in [-0.05, 0) is 13.0 Å². The second kappa shape index (κ2) is 2.83. The van der Waals surface area contributed by atoms with Crippen molar-refractivity contribution < 1.29 is 13.5 Å². The zero-order valence-electron chi connectivity index (χ0n) is 5.37. The van der Waals surface area contributed by atoms with Crippen LogP contribution in [-0.2, 0) is 10.0 Å². The quantitative estimate of drug-likeness (QED) is 0.396. The summed E-state index contributed by atoms with van der Waals surface area (Å²) in [6.07, 6.45) is -0.584. The molecule has 3 N–H and O–H groups in total. The first-order chi connectivity index (χ1) is 4.60. The van der Waals surface area contributed by atoms with E-state index in [1.807, 2.05) is 4.72 Å². The van der Waals surface area contributed by atoms with Crippen LogP contribution in [0.1, 0.15) is 6.42 Å². The van der Waals surface area contributed by atoms with Gasteiger partial charge in [-0.3, -0.25) is 5.32 Å². The van der Waals surface area contributed by atoms with Crippen molar-refractivity contribution in [2.45, 2.75) is 12.8 Å². The molecular weight excluding hydrogens is 156 g/mol. The summed E-state index contributed by atoms with van der Waals surface area (Å²) in [7, 11) is -3.23. The average Bonchev–Trinajstić information content (AvgIpc) is 1.90. The van der Waals surface area contributed by atoms with E-state index < -0.39 is 16.4 Å². The number of hydrogen-bond donors (Lipinski definition) is 3. The van der Waals surface area contributed by atoms with E-state index in [-0.39, 0.29) is 5.75 Å². The SMILES string of the molecule is O=S1(=O)CCCNC(O)N1. The molecule has 0 bridgehead atoms. The Morgan fingerprint density at radius 1 is 1.50 bits per heavy atom. The van der Waals surface area contributed by atoms with Gasteiger partial charge < -0.3 is 5.11 Å². The van der Waals surface area contributed by atoms with Crippen molar-refractivity contribution in [2.75, 3.05) is 12.3 Å². The molecule has 1 aliphatic rings. The van der Waals surface area contributed by atoms with Crippen LogP contribution in [0.3, 0.4) is 0 Å². The Labute approximate surface area is 59.5 Å². The maximum Gasteiger partial charge on any atom is 0.214 e. The fourth-order valence-electron chi connectivity index (χ4n) is 0.772. The van der Waals surface area contributed by atoms with Crippen molar-refractivity contribution in [2.24, 2.45) is 0 Å². The molecule has 1 atom stereocenters. The van der Waals surface area contributed by atoms with Gasteiger partial charge in [-0.2, -0.15) is 4.72 Å². The number of nitrogens with one attached hydrogen (secondary N) is 2. The number of aliphatic hydroxyl groups is 1. The first-order valence-electron chi connectivity index (χ1n) is 3.02. The third-order valence-electron chi connectivity index (χ3n) is 1.22. The minimum Gasteiger partial charge on any atom is -0.365 e. The lowest BCUT2D eigenvalue weighted by molar-refractivity contribution is 0.130. The van der Waals surface area contributed by atoms with E-state index in [4.69, 9.17) is 5.11 Å². The van der Waals surface area contributed by atoms with Gasteiger partial charge in [0.2, 0.25) is 10.0 Å². The third-order valence-corrected chi connectivity index (χ3v) is 2.63. The fraction of sp³-hybridized carbons (Fsp3) is 1.00. The van der Waals surface area contributed by atoms with E-state index in [9.17, 15) is 8.42 Å². The van der Waals surface area contributed by atoms with E-state index in [2.05, 4.69) is 5.32 Å². The summed E-state index contributed by atoms with van der Waals surface area (Å²) in [5, 5.41) is 11.4. The van der Waals surface area contributed by atoms with Gasteiger partial charge in [0.05, 0.1) is 5.75 Å². The van der Waals surface area contributed by atoms with Crippen molar-refractivity contribution >= 4 is 10.0 Å². The van der Waals surface area contributed by atoms with Crippen molar-refractivity contribution in [1.29, 1.82) is 0 Å². The van der Waals surface area contributed by atoms with E-state index in [1.165, 1.54) is 0 Å². The monoisotopic (exact) mass is 166 g/mol. The zero-order valence-corrected chi connectivity index (χ0v) is 6.19. The van der Waals surface area contributed by atoms with Crippen LogP contribution in [0.15, 0.2) is 0 Å². The fourth-order valence-corrected chi connectivity index (χ4v) is 1.84. The van der Waals surface area contributed by atoms with E-state index >= 15 is 0 Å². The summed E-state index contributed by atoms with van der Waals surface area (Å²) in [5.41, 5.74) is 0. The van der Waals surface area contributed by atoms with Crippen LogP contribution in [0.25, 0.3) is 0 Å². The lowest BCUT2D eigenvalue weighted by atomic mass is 10.5. The van der Waals surface area contributed by atoms with Gasteiger partial charge in [-0.1, -0.05) is 0 Å². The van der Waals surface area contributed by atoms with E-state index in [1.54, 1.807) is 0 Å². The van der Waals surface area contributed by atoms with Crippen LogP contribution in [0, 0.1) is 0 Å². The van der Waals surface area contributed by atoms with Gasteiger partial charge in [0.25, 0.3) is 0 Å². The molecule has 0 aromatic rings. The van der Waals surface area contributed by atoms with Gasteiger partial charge in [0.1, 0.15) is 0 Å². The maximum absolute atomic E-state index is 10.8. The summed E-state index contributed by atoms with van der Waals surface area (Å²) in [6.45, 7) is 0.521. The normalized spacial score (nSPS) is 33.1. The standard InChI is InChI=1S/C4H10N2O3S/c7-4-5-2-1-3-10(8,9)6-4/h4-7H,1-3H2. The maximum atomic E-state index is 10.8. The number of rotatable bonds is 0. The Hall–Kier alpha value is -0.170. The van der Waals surface area contributed by atoms with Crippen molar-refractivity contribution in [3.05, 3.63) is 0 Å². The van der Waals surface area contributed by atoms with E-state index in [0.29, 0.717) is 13.0 Å². The van der Waals surface area contributed by atoms with Crippen LogP contribution in [0.2, 0.25) is 0 Å². The van der Waals surface area contributed by atoms with Crippen LogP contribution in [0.5, 0.6) is 0 Å². The summed E-state index contributed by atoms with van der Waals surface area (Å²) < 4.78 is 23.6. The van der Waals surface area contributed by atoms with E-state index in [0.717, 1.165) is 0 Å². The molecule has 0 radical (unpaired) electrons. The van der Waals surface area contributed by atoms with Crippen molar-refractivity contribution in [3.8, 4) is 0 Å². The molecule has 1 heterocycles. The largest absolute Gasteiger partial charge is 0.365 e. The first kappa shape index (κ1) is 7.93. The van der Waals surface area contributed by atoms with Gasteiger partial charge in [-0.15, -0.1) is 0 Å². The van der Waals surface area contributed by atoms with Crippen LogP contribution < -0.4 is 10.0 Å². The Morgan fingerprint density at radius 2 is 2.20 bits per heavy atom. The predicted molar refractivity (Wildman–Crippen MR) is 35.5 cm³/mol. The molecule has 1 aliphatic heterocycles. The highest BCUT2D eigenvalue weighted by Gasteiger charge is 2.17. The molecule has 1 unspecified atom stereocenters. The highest BCUT2D eigenvalue weighted by molar-refractivity contribution is 7.89. The lowest BCUT2D eigenvalue weighted by Gasteiger charge is -2.07. The molecule has 0 spiro atoms. The van der Waals surface area contributed by atoms with Gasteiger partial charge in [0.15, 0.2) is 6.35 Å². The average molecular weight is 166 g/mol. The molecule has 0 saturated carbocycles. The highest BCUT2D eigenvalue weighted by Crippen LogP contribution is 1.93. The molecule has 0 aromatic carbocycles. The van der Waals surface area contributed by atoms with Crippen LogP contribution >= 0.6 is 0 Å². The molecule has 10 heavy (non-hydrogen) atoms. The van der Waals surface area contributed by atoms with Crippen molar-refractivity contribution in [3.63, 3.8) is 0 Å². The minimum absolute atomic E-state index is 0.0804. The Bertz CT molecular complexity index is 201. The molecule has 0 amide bonds. The Balaban J connectivity index is 2.64. The third kappa shape index (κ3) is 2.22. The summed E-state index contributed by atoms with van der Waals surface area (Å²) in [6, 6.07) is 0. The molecule has 6 heteroatoms. The Kier molecular flexibility index (Phi) is 2.24. The molecule has 1 saturated heterocycles. The molecule has 0 aromatic heterocycles. The summed E-state index contributed by atoms with van der Waals surface area (Å²) in [4.78, 5) is 0. The lowest BCUT2D eigenvalue weighted by Crippen LogP contribution is -2.42.